The molecule has 0 aromatic rings. The predicted octanol–water partition coefficient (Wildman–Crippen LogP) is 3.70. The first-order valence-electron chi connectivity index (χ1n) is 6.08. The lowest BCUT2D eigenvalue weighted by Crippen LogP contribution is -2.42. The van der Waals surface area contributed by atoms with Gasteiger partial charge in [0.2, 0.25) is 0 Å². The van der Waals surface area contributed by atoms with Gasteiger partial charge in [-0.1, -0.05) is 23.2 Å². The van der Waals surface area contributed by atoms with Crippen molar-refractivity contribution in [3.63, 3.8) is 0 Å². The van der Waals surface area contributed by atoms with Gasteiger partial charge in [0, 0.05) is 0 Å². The van der Waals surface area contributed by atoms with E-state index in [9.17, 15) is 0 Å². The summed E-state index contributed by atoms with van der Waals surface area (Å²) in [5.74, 6) is 1.83. The number of hydrogen-bond acceptors (Lipinski definition) is 1. The van der Waals surface area contributed by atoms with E-state index in [0.29, 0.717) is 52.4 Å². The van der Waals surface area contributed by atoms with E-state index in [4.69, 9.17) is 51.1 Å². The van der Waals surface area contributed by atoms with E-state index in [1.54, 1.807) is 0 Å². The van der Waals surface area contributed by atoms with Gasteiger partial charge >= 0.3 is 0 Å². The summed E-state index contributed by atoms with van der Waals surface area (Å²) in [6.45, 7) is 0. The highest BCUT2D eigenvalue weighted by atomic mass is 35.5. The number of fused-ring (bicyclic) bond motifs is 12. The van der Waals surface area contributed by atoms with Gasteiger partial charge in [0.1, 0.15) is 0 Å². The van der Waals surface area contributed by atoms with E-state index in [2.05, 4.69) is 0 Å². The summed E-state index contributed by atoms with van der Waals surface area (Å²) in [4.78, 5) is -1.03. The number of ether oxygens (including phenoxy) is 1. The third-order valence-corrected chi connectivity index (χ3v) is 8.24. The molecule has 0 aromatic carbocycles. The van der Waals surface area contributed by atoms with Crippen LogP contribution < -0.4 is 0 Å². The quantitative estimate of drug-likeness (QED) is 0.377. The number of rotatable bonds is 0. The lowest BCUT2D eigenvalue weighted by Gasteiger charge is -2.38. The minimum Gasteiger partial charge on any atom is -0.369 e. The van der Waals surface area contributed by atoms with Crippen molar-refractivity contribution >= 4 is 46.4 Å². The average Bonchev–Trinajstić information content (AvgIpc) is 2.73. The third-order valence-electron chi connectivity index (χ3n) is 5.75. The highest BCUT2D eigenvalue weighted by Gasteiger charge is 2.81. The molecular formula is C12H10Cl4O. The molecule has 0 radical (unpaired) electrons. The molecule has 3 saturated carbocycles. The number of hydrogen-bond donors (Lipinski definition) is 0. The van der Waals surface area contributed by atoms with Crippen molar-refractivity contribution in [2.45, 2.75) is 34.8 Å². The molecule has 5 rings (SSSR count). The van der Waals surface area contributed by atoms with Gasteiger partial charge < -0.3 is 4.74 Å². The smallest absolute Gasteiger partial charge is 0.0876 e. The van der Waals surface area contributed by atoms with E-state index in [0.717, 1.165) is 0 Å². The van der Waals surface area contributed by atoms with Crippen LogP contribution in [0, 0.1) is 23.7 Å². The van der Waals surface area contributed by atoms with Crippen molar-refractivity contribution in [2.24, 2.45) is 23.7 Å². The molecule has 4 bridgehead atoms. The first-order chi connectivity index (χ1) is 7.98. The van der Waals surface area contributed by atoms with Crippen molar-refractivity contribution in [3.05, 3.63) is 10.1 Å². The highest BCUT2D eigenvalue weighted by Crippen LogP contribution is 2.79. The molecule has 1 aliphatic heterocycles. The lowest BCUT2D eigenvalue weighted by molar-refractivity contribution is 0.239. The highest BCUT2D eigenvalue weighted by molar-refractivity contribution is 6.51. The largest absolute Gasteiger partial charge is 0.369 e. The molecule has 4 fully saturated rings. The predicted molar refractivity (Wildman–Crippen MR) is 67.8 cm³/mol. The molecule has 92 valence electrons. The molecule has 17 heavy (non-hydrogen) atoms. The number of epoxide rings is 1. The minimum absolute atomic E-state index is 0.366. The summed E-state index contributed by atoms with van der Waals surface area (Å²) in [6, 6.07) is 0. The normalized spacial score (nSPS) is 69.9. The molecule has 1 saturated heterocycles. The Morgan fingerprint density at radius 1 is 0.941 bits per heavy atom. The monoisotopic (exact) mass is 310 g/mol. The van der Waals surface area contributed by atoms with Gasteiger partial charge in [0.15, 0.2) is 0 Å². The average molecular weight is 312 g/mol. The van der Waals surface area contributed by atoms with Crippen LogP contribution in [0.4, 0.5) is 0 Å². The molecular weight excluding hydrogens is 302 g/mol. The van der Waals surface area contributed by atoms with Crippen LogP contribution in [0.3, 0.4) is 0 Å². The molecule has 0 spiro atoms. The van der Waals surface area contributed by atoms with Crippen LogP contribution in [0.5, 0.6) is 0 Å². The standard InChI is InChI=1S/C12H10Cl4O/c13-9-10(14)12(16)2-11(9,15)5-3-1-4(6(5)12)8-7(3)17-8/h3-8H,1-2H2/t3-,4+,5-,6-,7-,8-,11-,12-/m1/s1. The SMILES string of the molecule is ClC1=C(Cl)[C@@]2(Cl)C[C@@]1(Cl)[C@@H]1[C@@H]3C[C@@H]([C@H]4O[C@H]34)[C@H]12. The van der Waals surface area contributed by atoms with Crippen LogP contribution in [0.1, 0.15) is 12.8 Å². The van der Waals surface area contributed by atoms with E-state index in [-0.39, 0.29) is 0 Å². The second kappa shape index (κ2) is 2.67. The summed E-state index contributed by atoms with van der Waals surface area (Å²) < 4.78 is 5.74. The van der Waals surface area contributed by atoms with Crippen LogP contribution in [-0.4, -0.2) is 22.0 Å². The lowest BCUT2D eigenvalue weighted by atomic mass is 9.73. The van der Waals surface area contributed by atoms with Gasteiger partial charge in [-0.05, 0) is 36.5 Å². The molecule has 1 nitrogen and oxygen atoms in total. The number of alkyl halides is 2. The topological polar surface area (TPSA) is 12.5 Å². The molecule has 0 unspecified atom stereocenters. The molecule has 0 N–H and O–H groups in total. The number of allylic oxidation sites excluding steroid dienone is 2. The van der Waals surface area contributed by atoms with Crippen molar-refractivity contribution in [1.29, 1.82) is 0 Å². The van der Waals surface area contributed by atoms with Crippen molar-refractivity contribution in [1.82, 2.24) is 0 Å². The molecule has 8 atom stereocenters. The van der Waals surface area contributed by atoms with Gasteiger partial charge in [-0.25, -0.2) is 0 Å². The maximum Gasteiger partial charge on any atom is 0.0876 e. The van der Waals surface area contributed by atoms with Crippen LogP contribution in [0.2, 0.25) is 0 Å². The minimum atomic E-state index is -0.513. The van der Waals surface area contributed by atoms with Crippen molar-refractivity contribution in [2.75, 3.05) is 0 Å². The zero-order valence-corrected chi connectivity index (χ0v) is 11.8. The summed E-state index contributed by atoms with van der Waals surface area (Å²) in [5, 5.41) is 1.20. The molecule has 0 amide bonds. The summed E-state index contributed by atoms with van der Waals surface area (Å²) in [7, 11) is 0. The first-order valence-corrected chi connectivity index (χ1v) is 7.59. The fourth-order valence-electron chi connectivity index (χ4n) is 5.31. The van der Waals surface area contributed by atoms with Gasteiger partial charge in [-0.3, -0.25) is 0 Å². The number of halogens is 4. The second-order valence-electron chi connectivity index (χ2n) is 6.21. The Morgan fingerprint density at radius 2 is 1.41 bits per heavy atom. The van der Waals surface area contributed by atoms with Crippen LogP contribution in [0.15, 0.2) is 10.1 Å². The van der Waals surface area contributed by atoms with E-state index in [1.807, 2.05) is 0 Å². The molecule has 4 aliphatic carbocycles. The van der Waals surface area contributed by atoms with Gasteiger partial charge in [0.25, 0.3) is 0 Å². The summed E-state index contributed by atoms with van der Waals surface area (Å²) >= 11 is 26.3. The zero-order valence-electron chi connectivity index (χ0n) is 8.80. The van der Waals surface area contributed by atoms with E-state index in [1.165, 1.54) is 6.42 Å². The van der Waals surface area contributed by atoms with E-state index >= 15 is 0 Å². The Labute approximate surface area is 119 Å². The Kier molecular flexibility index (Phi) is 1.67. The third kappa shape index (κ3) is 0.885. The van der Waals surface area contributed by atoms with E-state index < -0.39 is 9.75 Å². The molecule has 5 aliphatic rings. The van der Waals surface area contributed by atoms with Gasteiger partial charge in [-0.2, -0.15) is 0 Å². The van der Waals surface area contributed by atoms with Crippen LogP contribution in [0.25, 0.3) is 0 Å². The maximum atomic E-state index is 6.80. The zero-order chi connectivity index (χ0) is 11.7. The second-order valence-corrected chi connectivity index (χ2v) is 8.31. The fraction of sp³-hybridized carbons (Fsp3) is 0.833. The molecule has 5 heteroatoms. The first kappa shape index (κ1) is 10.6. The molecule has 0 aromatic heterocycles. The maximum absolute atomic E-state index is 6.80. The van der Waals surface area contributed by atoms with Crippen molar-refractivity contribution < 1.29 is 4.74 Å². The summed E-state index contributed by atoms with van der Waals surface area (Å²) in [5.41, 5.74) is 0. The molecule has 1 heterocycles. The Hall–Kier alpha value is 0.860. The van der Waals surface area contributed by atoms with Gasteiger partial charge in [-0.15, -0.1) is 23.2 Å². The van der Waals surface area contributed by atoms with Gasteiger partial charge in [0.05, 0.1) is 32.0 Å². The fourth-order valence-corrected chi connectivity index (χ4v) is 7.41. The van der Waals surface area contributed by atoms with Crippen molar-refractivity contribution in [3.8, 4) is 0 Å². The Balaban J connectivity index is 1.75. The Bertz CT molecular complexity index is 451. The summed E-state index contributed by atoms with van der Waals surface area (Å²) in [6.07, 6.45) is 2.75. The van der Waals surface area contributed by atoms with Crippen LogP contribution >= 0.6 is 46.4 Å². The Morgan fingerprint density at radius 3 is 1.88 bits per heavy atom. The van der Waals surface area contributed by atoms with Crippen LogP contribution in [-0.2, 0) is 4.74 Å².